The van der Waals surface area contributed by atoms with E-state index in [-0.39, 0.29) is 11.3 Å². The first-order valence-electron chi connectivity index (χ1n) is 6.28. The van der Waals surface area contributed by atoms with Crippen molar-refractivity contribution in [2.24, 2.45) is 0 Å². The Labute approximate surface area is 150 Å². The average Bonchev–Trinajstić information content (AvgIpc) is 2.50. The van der Waals surface area contributed by atoms with Crippen LogP contribution in [0.1, 0.15) is 26.3 Å². The number of ether oxygens (including phenoxy) is 2. The summed E-state index contributed by atoms with van der Waals surface area (Å²) in [5.74, 6) is -0.927. The van der Waals surface area contributed by atoms with E-state index >= 15 is 0 Å². The quantitative estimate of drug-likeness (QED) is 0.376. The lowest BCUT2D eigenvalue weighted by Crippen LogP contribution is -2.12. The van der Waals surface area contributed by atoms with Gasteiger partial charge < -0.3 is 9.47 Å². The van der Waals surface area contributed by atoms with Crippen LogP contribution < -0.4 is 4.74 Å². The van der Waals surface area contributed by atoms with Gasteiger partial charge in [-0.1, -0.05) is 22.0 Å². The number of carbonyl (C=O) groups is 2. The third kappa shape index (κ3) is 3.86. The second-order valence-electron chi connectivity index (χ2n) is 4.49. The average molecular weight is 475 g/mol. The summed E-state index contributed by atoms with van der Waals surface area (Å²) < 4.78 is 11.7. The minimum Gasteiger partial charge on any atom is -0.465 e. The summed E-state index contributed by atoms with van der Waals surface area (Å²) in [4.78, 5) is 24.0. The predicted octanol–water partition coefficient (Wildman–Crippen LogP) is 4.37. The third-order valence-electron chi connectivity index (χ3n) is 2.96. The fourth-order valence-corrected chi connectivity index (χ4v) is 2.62. The first-order valence-corrected chi connectivity index (χ1v) is 8.15. The number of halogens is 2. The maximum atomic E-state index is 12.2. The molecular formula is C16H12BrIO4. The van der Waals surface area contributed by atoms with Gasteiger partial charge in [-0.2, -0.15) is 0 Å². The Morgan fingerprint density at radius 3 is 2.45 bits per heavy atom. The standard InChI is InChI=1S/C16H12BrIO4/c1-9-3-4-10(7-13(9)18)15(19)22-14-6-5-11(17)8-12(14)16(20)21-2/h3-8H,1-2H3. The van der Waals surface area contributed by atoms with Crippen LogP contribution in [0.15, 0.2) is 40.9 Å². The van der Waals surface area contributed by atoms with Crippen molar-refractivity contribution in [3.05, 3.63) is 61.1 Å². The van der Waals surface area contributed by atoms with Crippen LogP contribution in [0.4, 0.5) is 0 Å². The van der Waals surface area contributed by atoms with Crippen LogP contribution in [-0.4, -0.2) is 19.0 Å². The maximum Gasteiger partial charge on any atom is 0.343 e. The van der Waals surface area contributed by atoms with Gasteiger partial charge in [-0.05, 0) is 65.4 Å². The molecule has 0 amide bonds. The van der Waals surface area contributed by atoms with Crippen molar-refractivity contribution in [3.63, 3.8) is 0 Å². The van der Waals surface area contributed by atoms with Gasteiger partial charge in [-0.15, -0.1) is 0 Å². The highest BCUT2D eigenvalue weighted by atomic mass is 127. The fourth-order valence-electron chi connectivity index (χ4n) is 1.74. The van der Waals surface area contributed by atoms with Gasteiger partial charge in [-0.25, -0.2) is 9.59 Å². The van der Waals surface area contributed by atoms with E-state index in [4.69, 9.17) is 9.47 Å². The highest BCUT2D eigenvalue weighted by molar-refractivity contribution is 14.1. The predicted molar refractivity (Wildman–Crippen MR) is 94.3 cm³/mol. The van der Waals surface area contributed by atoms with Gasteiger partial charge in [0.1, 0.15) is 11.3 Å². The van der Waals surface area contributed by atoms with E-state index < -0.39 is 11.9 Å². The molecule has 0 aliphatic heterocycles. The number of benzene rings is 2. The van der Waals surface area contributed by atoms with Crippen LogP contribution in [0.3, 0.4) is 0 Å². The molecule has 22 heavy (non-hydrogen) atoms. The Morgan fingerprint density at radius 1 is 1.09 bits per heavy atom. The highest BCUT2D eigenvalue weighted by Gasteiger charge is 2.18. The van der Waals surface area contributed by atoms with E-state index in [0.29, 0.717) is 10.0 Å². The van der Waals surface area contributed by atoms with Gasteiger partial charge >= 0.3 is 11.9 Å². The summed E-state index contributed by atoms with van der Waals surface area (Å²) in [6.07, 6.45) is 0. The fraction of sp³-hybridized carbons (Fsp3) is 0.125. The van der Waals surface area contributed by atoms with Gasteiger partial charge in [0, 0.05) is 8.04 Å². The van der Waals surface area contributed by atoms with Crippen LogP contribution >= 0.6 is 38.5 Å². The Kier molecular flexibility index (Phi) is 5.57. The molecule has 0 atom stereocenters. The molecule has 0 aromatic heterocycles. The Hall–Kier alpha value is -1.41. The lowest BCUT2D eigenvalue weighted by atomic mass is 10.1. The van der Waals surface area contributed by atoms with E-state index in [1.807, 2.05) is 13.0 Å². The monoisotopic (exact) mass is 474 g/mol. The topological polar surface area (TPSA) is 52.6 Å². The van der Waals surface area contributed by atoms with Gasteiger partial charge in [0.2, 0.25) is 0 Å². The number of hydrogen-bond acceptors (Lipinski definition) is 4. The van der Waals surface area contributed by atoms with Crippen LogP contribution in [0.25, 0.3) is 0 Å². The normalized spacial score (nSPS) is 10.2. The zero-order valence-corrected chi connectivity index (χ0v) is 15.6. The van der Waals surface area contributed by atoms with Crippen LogP contribution in [0, 0.1) is 10.5 Å². The number of esters is 2. The van der Waals surface area contributed by atoms with Crippen LogP contribution in [-0.2, 0) is 4.74 Å². The second kappa shape index (κ2) is 7.23. The molecule has 0 spiro atoms. The van der Waals surface area contributed by atoms with E-state index in [9.17, 15) is 9.59 Å². The molecule has 0 fully saturated rings. The molecule has 2 aromatic rings. The summed E-state index contributed by atoms with van der Waals surface area (Å²) in [5.41, 5.74) is 1.69. The molecule has 0 radical (unpaired) electrons. The van der Waals surface area contributed by atoms with E-state index in [1.165, 1.54) is 7.11 Å². The van der Waals surface area contributed by atoms with E-state index in [1.54, 1.807) is 30.3 Å². The zero-order chi connectivity index (χ0) is 16.3. The molecule has 4 nitrogen and oxygen atoms in total. The number of methoxy groups -OCH3 is 1. The largest absolute Gasteiger partial charge is 0.465 e. The van der Waals surface area contributed by atoms with Gasteiger partial charge in [0.15, 0.2) is 0 Å². The lowest BCUT2D eigenvalue weighted by molar-refractivity contribution is 0.0593. The Bertz CT molecular complexity index is 743. The van der Waals surface area contributed by atoms with E-state index in [0.717, 1.165) is 9.13 Å². The first kappa shape index (κ1) is 17.0. The Balaban J connectivity index is 2.32. The minimum atomic E-state index is -0.567. The molecular weight excluding hydrogens is 463 g/mol. The highest BCUT2D eigenvalue weighted by Crippen LogP contribution is 2.25. The number of rotatable bonds is 3. The molecule has 0 bridgehead atoms. The molecule has 114 valence electrons. The molecule has 0 saturated carbocycles. The van der Waals surface area contributed by atoms with Crippen molar-refractivity contribution in [1.29, 1.82) is 0 Å². The van der Waals surface area contributed by atoms with E-state index in [2.05, 4.69) is 38.5 Å². The van der Waals surface area contributed by atoms with Crippen molar-refractivity contribution < 1.29 is 19.1 Å². The summed E-state index contributed by atoms with van der Waals surface area (Å²) in [6, 6.07) is 10.1. The zero-order valence-electron chi connectivity index (χ0n) is 11.9. The number of aryl methyl sites for hydroxylation is 1. The molecule has 6 heteroatoms. The Morgan fingerprint density at radius 2 is 1.82 bits per heavy atom. The molecule has 0 aliphatic rings. The molecule has 2 rings (SSSR count). The van der Waals surface area contributed by atoms with Crippen molar-refractivity contribution >= 4 is 50.5 Å². The summed E-state index contributed by atoms with van der Waals surface area (Å²) in [7, 11) is 1.27. The maximum absolute atomic E-state index is 12.2. The summed E-state index contributed by atoms with van der Waals surface area (Å²) in [6.45, 7) is 1.96. The number of hydrogen-bond donors (Lipinski definition) is 0. The molecule has 0 heterocycles. The van der Waals surface area contributed by atoms with Crippen molar-refractivity contribution in [2.45, 2.75) is 6.92 Å². The molecule has 0 unspecified atom stereocenters. The smallest absolute Gasteiger partial charge is 0.343 e. The number of carbonyl (C=O) groups excluding carboxylic acids is 2. The molecule has 0 aliphatic carbocycles. The van der Waals surface area contributed by atoms with Crippen LogP contribution in [0.2, 0.25) is 0 Å². The van der Waals surface area contributed by atoms with Crippen molar-refractivity contribution in [3.8, 4) is 5.75 Å². The minimum absolute atomic E-state index is 0.163. The molecule has 0 N–H and O–H groups in total. The lowest BCUT2D eigenvalue weighted by Gasteiger charge is -2.10. The summed E-state index contributed by atoms with van der Waals surface area (Å²) >= 11 is 5.43. The second-order valence-corrected chi connectivity index (χ2v) is 6.56. The molecule has 0 saturated heterocycles. The van der Waals surface area contributed by atoms with Gasteiger partial charge in [0.25, 0.3) is 0 Å². The van der Waals surface area contributed by atoms with Gasteiger partial charge in [0.05, 0.1) is 12.7 Å². The summed E-state index contributed by atoms with van der Waals surface area (Å²) in [5, 5.41) is 0. The molecule has 2 aromatic carbocycles. The van der Waals surface area contributed by atoms with Crippen LogP contribution in [0.5, 0.6) is 5.75 Å². The SMILES string of the molecule is COC(=O)c1cc(Br)ccc1OC(=O)c1ccc(C)c(I)c1. The third-order valence-corrected chi connectivity index (χ3v) is 4.61. The van der Waals surface area contributed by atoms with Crippen molar-refractivity contribution in [1.82, 2.24) is 0 Å². The van der Waals surface area contributed by atoms with Crippen molar-refractivity contribution in [2.75, 3.05) is 7.11 Å². The van der Waals surface area contributed by atoms with Gasteiger partial charge in [-0.3, -0.25) is 0 Å². The first-order chi connectivity index (χ1) is 10.4.